The molecule has 0 saturated carbocycles. The third-order valence-corrected chi connectivity index (χ3v) is 6.68. The normalized spacial score (nSPS) is 11.1. The summed E-state index contributed by atoms with van der Waals surface area (Å²) in [5, 5.41) is 12.8. The van der Waals surface area contributed by atoms with Crippen LogP contribution in [0, 0.1) is 22.9 Å². The summed E-state index contributed by atoms with van der Waals surface area (Å²) >= 11 is 1.56. The smallest absolute Gasteiger partial charge is 0.269 e. The van der Waals surface area contributed by atoms with E-state index in [1.165, 1.54) is 35.2 Å². The summed E-state index contributed by atoms with van der Waals surface area (Å²) in [5.74, 6) is -0.911. The molecule has 0 saturated heterocycles. The number of hydrogen-bond donors (Lipinski definition) is 0. The molecule has 0 spiro atoms. The predicted molar refractivity (Wildman–Crippen MR) is 139 cm³/mol. The number of carbonyl (C=O) groups excluding carboxylic acids is 2. The second kappa shape index (κ2) is 12.2. The summed E-state index contributed by atoms with van der Waals surface area (Å²) < 4.78 is 13.4. The number of halogens is 1. The van der Waals surface area contributed by atoms with Crippen LogP contribution in [0.2, 0.25) is 0 Å². The molecule has 2 aromatic carbocycles. The molecule has 0 bridgehead atoms. The van der Waals surface area contributed by atoms with Crippen molar-refractivity contribution < 1.29 is 18.9 Å². The van der Waals surface area contributed by atoms with E-state index in [1.807, 2.05) is 32.2 Å². The highest BCUT2D eigenvalue weighted by atomic mass is 32.1. The number of benzene rings is 2. The molecule has 0 aliphatic carbocycles. The predicted octanol–water partition coefficient (Wildman–Crippen LogP) is 5.58. The number of amides is 2. The van der Waals surface area contributed by atoms with E-state index in [0.717, 1.165) is 16.0 Å². The Morgan fingerprint density at radius 1 is 1.06 bits per heavy atom. The van der Waals surface area contributed by atoms with Gasteiger partial charge in [0.1, 0.15) is 12.4 Å². The van der Waals surface area contributed by atoms with Crippen molar-refractivity contribution in [2.75, 3.05) is 6.54 Å². The quantitative estimate of drug-likeness (QED) is 0.203. The first-order chi connectivity index (χ1) is 17.1. The van der Waals surface area contributed by atoms with E-state index >= 15 is 0 Å². The largest absolute Gasteiger partial charge is 0.332 e. The zero-order valence-corrected chi connectivity index (χ0v) is 21.2. The molecule has 0 radical (unpaired) electrons. The second-order valence-electron chi connectivity index (χ2n) is 8.64. The maximum Gasteiger partial charge on any atom is 0.269 e. The number of hydrogen-bond acceptors (Lipinski definition) is 5. The van der Waals surface area contributed by atoms with Gasteiger partial charge in [0.25, 0.3) is 5.69 Å². The van der Waals surface area contributed by atoms with Crippen LogP contribution in [0.15, 0.2) is 66.1 Å². The van der Waals surface area contributed by atoms with Gasteiger partial charge >= 0.3 is 0 Å². The third-order valence-electron chi connectivity index (χ3n) is 5.68. The van der Waals surface area contributed by atoms with Crippen LogP contribution in [0.3, 0.4) is 0 Å². The van der Waals surface area contributed by atoms with Gasteiger partial charge in [-0.2, -0.15) is 0 Å². The van der Waals surface area contributed by atoms with Gasteiger partial charge in [-0.15, -0.1) is 11.3 Å². The summed E-state index contributed by atoms with van der Waals surface area (Å²) in [7, 11) is 0. The lowest BCUT2D eigenvalue weighted by Crippen LogP contribution is -2.45. The molecular weight excluding hydrogens is 481 g/mol. The van der Waals surface area contributed by atoms with Crippen LogP contribution >= 0.6 is 11.3 Å². The van der Waals surface area contributed by atoms with Gasteiger partial charge in [0.15, 0.2) is 0 Å². The van der Waals surface area contributed by atoms with Gasteiger partial charge in [0.05, 0.1) is 11.5 Å². The lowest BCUT2D eigenvalue weighted by molar-refractivity contribution is -0.384. The van der Waals surface area contributed by atoms with E-state index in [9.17, 15) is 24.1 Å². The van der Waals surface area contributed by atoms with Crippen molar-refractivity contribution in [3.8, 4) is 0 Å². The minimum Gasteiger partial charge on any atom is -0.332 e. The van der Waals surface area contributed by atoms with Gasteiger partial charge in [0.2, 0.25) is 11.8 Å². The lowest BCUT2D eigenvalue weighted by Gasteiger charge is -2.29. The number of nitrogens with zero attached hydrogens (tertiary/aromatic N) is 3. The third kappa shape index (κ3) is 7.32. The number of thiophene rings is 1. The van der Waals surface area contributed by atoms with Crippen LogP contribution in [0.1, 0.15) is 35.4 Å². The number of aryl methyl sites for hydroxylation is 1. The van der Waals surface area contributed by atoms with Crippen LogP contribution in [0.25, 0.3) is 6.08 Å². The molecule has 9 heteroatoms. The average Bonchev–Trinajstić information content (AvgIpc) is 3.26. The van der Waals surface area contributed by atoms with Gasteiger partial charge in [-0.25, -0.2) is 4.39 Å². The Labute approximate surface area is 213 Å². The first-order valence-electron chi connectivity index (χ1n) is 11.4. The number of non-ortho nitro benzene ring substituents is 1. The van der Waals surface area contributed by atoms with Crippen molar-refractivity contribution in [2.24, 2.45) is 0 Å². The van der Waals surface area contributed by atoms with Gasteiger partial charge in [-0.05, 0) is 79.2 Å². The second-order valence-corrected chi connectivity index (χ2v) is 9.65. The molecule has 188 valence electrons. The molecule has 3 rings (SSSR count). The molecule has 2 amide bonds. The fourth-order valence-corrected chi connectivity index (χ4v) is 4.43. The van der Waals surface area contributed by atoms with Crippen molar-refractivity contribution in [2.45, 2.75) is 39.9 Å². The van der Waals surface area contributed by atoms with E-state index in [-0.39, 0.29) is 42.5 Å². The average molecular weight is 510 g/mol. The highest BCUT2D eigenvalue weighted by molar-refractivity contribution is 7.10. The van der Waals surface area contributed by atoms with Crippen molar-refractivity contribution in [3.05, 3.63) is 104 Å². The van der Waals surface area contributed by atoms with Crippen molar-refractivity contribution >= 4 is 34.9 Å². The summed E-state index contributed by atoms with van der Waals surface area (Å²) in [5.41, 5.74) is 2.48. The van der Waals surface area contributed by atoms with Gasteiger partial charge in [-0.3, -0.25) is 19.7 Å². The number of nitro benzene ring substituents is 1. The van der Waals surface area contributed by atoms with Crippen molar-refractivity contribution in [1.29, 1.82) is 0 Å². The monoisotopic (exact) mass is 509 g/mol. The summed E-state index contributed by atoms with van der Waals surface area (Å²) in [6.45, 7) is 6.21. The Balaban J connectivity index is 1.76. The molecule has 0 atom stereocenters. The van der Waals surface area contributed by atoms with Crippen LogP contribution in [-0.2, 0) is 22.7 Å². The van der Waals surface area contributed by atoms with E-state index in [1.54, 1.807) is 46.6 Å². The molecule has 1 heterocycles. The Morgan fingerprint density at radius 2 is 1.72 bits per heavy atom. The molecule has 36 heavy (non-hydrogen) atoms. The summed E-state index contributed by atoms with van der Waals surface area (Å²) in [4.78, 5) is 40.9. The van der Waals surface area contributed by atoms with Crippen LogP contribution < -0.4 is 0 Å². The van der Waals surface area contributed by atoms with Gasteiger partial charge < -0.3 is 9.80 Å². The number of rotatable bonds is 10. The lowest BCUT2D eigenvalue weighted by atomic mass is 10.1. The fourth-order valence-electron chi connectivity index (χ4n) is 3.51. The molecule has 7 nitrogen and oxygen atoms in total. The standard InChI is InChI=1S/C27H28FN3O4S/c1-19(2)30(26(32)13-8-21-6-11-24(12-7-21)31(34)35)18-27(33)29(17-25-20(3)14-15-36-25)16-22-4-9-23(28)10-5-22/h4-15,19H,16-18H2,1-3H3. The molecule has 1 aromatic heterocycles. The zero-order chi connectivity index (χ0) is 26.2. The molecule has 3 aromatic rings. The van der Waals surface area contributed by atoms with Gasteiger partial charge in [-0.1, -0.05) is 12.1 Å². The molecule has 0 unspecified atom stereocenters. The van der Waals surface area contributed by atoms with Gasteiger partial charge in [0, 0.05) is 35.7 Å². The van der Waals surface area contributed by atoms with Crippen molar-refractivity contribution in [1.82, 2.24) is 9.80 Å². The van der Waals surface area contributed by atoms with E-state index < -0.39 is 4.92 Å². The topological polar surface area (TPSA) is 83.8 Å². The highest BCUT2D eigenvalue weighted by Crippen LogP contribution is 2.20. The Morgan fingerprint density at radius 3 is 2.28 bits per heavy atom. The maximum absolute atomic E-state index is 13.4. The number of carbonyl (C=O) groups is 2. The minimum atomic E-state index is -0.486. The van der Waals surface area contributed by atoms with Crippen LogP contribution in [0.4, 0.5) is 10.1 Å². The molecule has 0 N–H and O–H groups in total. The van der Waals surface area contributed by atoms with E-state index in [0.29, 0.717) is 12.1 Å². The van der Waals surface area contributed by atoms with E-state index in [4.69, 9.17) is 0 Å². The highest BCUT2D eigenvalue weighted by Gasteiger charge is 2.23. The molecule has 0 fully saturated rings. The van der Waals surface area contributed by atoms with Crippen molar-refractivity contribution in [3.63, 3.8) is 0 Å². The Hall–Kier alpha value is -3.85. The molecule has 0 aliphatic heterocycles. The maximum atomic E-state index is 13.4. The SMILES string of the molecule is Cc1ccsc1CN(Cc1ccc(F)cc1)C(=O)CN(C(=O)C=Cc1ccc([N+](=O)[O-])cc1)C(C)C. The first-order valence-corrected chi connectivity index (χ1v) is 12.3. The van der Waals surface area contributed by atoms with Crippen LogP contribution in [0.5, 0.6) is 0 Å². The fraction of sp³-hybridized carbons (Fsp3) is 0.259. The summed E-state index contributed by atoms with van der Waals surface area (Å²) in [6, 6.07) is 13.6. The zero-order valence-electron chi connectivity index (χ0n) is 20.4. The first kappa shape index (κ1) is 26.7. The minimum absolute atomic E-state index is 0.0323. The van der Waals surface area contributed by atoms with Crippen LogP contribution in [-0.4, -0.2) is 39.1 Å². The summed E-state index contributed by atoms with van der Waals surface area (Å²) in [6.07, 6.45) is 2.93. The molecular formula is C27H28FN3O4S. The molecule has 0 aliphatic rings. The number of nitro groups is 1. The van der Waals surface area contributed by atoms with E-state index in [2.05, 4.69) is 0 Å². The Bertz CT molecular complexity index is 1240. The Kier molecular flexibility index (Phi) is 9.08.